The lowest BCUT2D eigenvalue weighted by Gasteiger charge is -2.32. The zero-order valence-electron chi connectivity index (χ0n) is 14.0. The van der Waals surface area contributed by atoms with Gasteiger partial charge in [-0.25, -0.2) is 4.39 Å². The number of carbonyl (C=O) groups excluding carboxylic acids is 2. The molecule has 2 bridgehead atoms. The number of fused-ring (bicyclic) bond motifs is 2. The molecule has 0 aromatic heterocycles. The minimum absolute atomic E-state index is 0.0490. The zero-order chi connectivity index (χ0) is 18.3. The normalized spacial score (nSPS) is 23.9. The molecule has 1 heterocycles. The fourth-order valence-electron chi connectivity index (χ4n) is 4.04. The molecule has 2 aromatic rings. The molecule has 1 aliphatic heterocycles. The molecule has 1 aliphatic carbocycles. The minimum atomic E-state index is -0.477. The molecule has 0 unspecified atom stereocenters. The number of hydrogen-bond donors (Lipinski definition) is 1. The van der Waals surface area contributed by atoms with Gasteiger partial charge in [-0.1, -0.05) is 29.8 Å². The number of hydrogen-bond acceptors (Lipinski definition) is 2. The van der Waals surface area contributed by atoms with E-state index in [1.165, 1.54) is 18.2 Å². The van der Waals surface area contributed by atoms with Gasteiger partial charge in [-0.3, -0.25) is 9.59 Å². The van der Waals surface area contributed by atoms with E-state index in [9.17, 15) is 14.0 Å². The van der Waals surface area contributed by atoms with Gasteiger partial charge in [0.2, 0.25) is 0 Å². The molecule has 1 N–H and O–H groups in total. The molecular formula is C20H18ClFN2O2. The van der Waals surface area contributed by atoms with Crippen LogP contribution in [-0.4, -0.2) is 35.3 Å². The van der Waals surface area contributed by atoms with Crippen LogP contribution in [0.5, 0.6) is 0 Å². The highest BCUT2D eigenvalue weighted by Gasteiger charge is 2.47. The zero-order valence-corrected chi connectivity index (χ0v) is 14.7. The van der Waals surface area contributed by atoms with E-state index >= 15 is 0 Å². The lowest BCUT2D eigenvalue weighted by Crippen LogP contribution is -2.47. The maximum Gasteiger partial charge on any atom is 0.255 e. The summed E-state index contributed by atoms with van der Waals surface area (Å²) in [5.41, 5.74) is 0.832. The molecule has 1 saturated heterocycles. The first-order valence-electron chi connectivity index (χ1n) is 8.65. The molecule has 26 heavy (non-hydrogen) atoms. The van der Waals surface area contributed by atoms with Crippen LogP contribution in [0.4, 0.5) is 4.39 Å². The van der Waals surface area contributed by atoms with E-state index in [4.69, 9.17) is 11.6 Å². The van der Waals surface area contributed by atoms with Crippen LogP contribution in [0.2, 0.25) is 5.02 Å². The number of benzene rings is 2. The Labute approximate surface area is 155 Å². The van der Waals surface area contributed by atoms with Crippen LogP contribution in [0.3, 0.4) is 0 Å². The SMILES string of the molecule is O=C(N[C@H]1C[C@@H]2C[C@H]1CN2C(=O)c1cc(F)ccc1Cl)c1ccccc1. The van der Waals surface area contributed by atoms with Crippen molar-refractivity contribution in [2.24, 2.45) is 5.92 Å². The Bertz CT molecular complexity index is 858. The summed E-state index contributed by atoms with van der Waals surface area (Å²) >= 11 is 6.07. The number of halogens is 2. The van der Waals surface area contributed by atoms with Crippen LogP contribution in [0, 0.1) is 11.7 Å². The van der Waals surface area contributed by atoms with Crippen molar-refractivity contribution >= 4 is 23.4 Å². The highest BCUT2D eigenvalue weighted by Crippen LogP contribution is 2.39. The second-order valence-corrected chi connectivity index (χ2v) is 7.32. The molecule has 1 saturated carbocycles. The summed E-state index contributed by atoms with van der Waals surface area (Å²) in [5, 5.41) is 3.34. The smallest absolute Gasteiger partial charge is 0.255 e. The molecule has 2 fully saturated rings. The van der Waals surface area contributed by atoms with Gasteiger partial charge in [0.1, 0.15) is 5.82 Å². The van der Waals surface area contributed by atoms with Gasteiger partial charge in [0.15, 0.2) is 0 Å². The monoisotopic (exact) mass is 372 g/mol. The van der Waals surface area contributed by atoms with Crippen molar-refractivity contribution in [3.05, 3.63) is 70.5 Å². The topological polar surface area (TPSA) is 49.4 Å². The molecule has 0 spiro atoms. The summed E-state index contributed by atoms with van der Waals surface area (Å²) in [6, 6.07) is 13.0. The summed E-state index contributed by atoms with van der Waals surface area (Å²) in [5.74, 6) is -0.594. The number of nitrogens with one attached hydrogen (secondary N) is 1. The van der Waals surface area contributed by atoms with Crippen LogP contribution in [-0.2, 0) is 0 Å². The van der Waals surface area contributed by atoms with Crippen molar-refractivity contribution in [1.29, 1.82) is 0 Å². The van der Waals surface area contributed by atoms with Crippen LogP contribution >= 0.6 is 11.6 Å². The van der Waals surface area contributed by atoms with E-state index < -0.39 is 5.82 Å². The van der Waals surface area contributed by atoms with Gasteiger partial charge in [-0.2, -0.15) is 0 Å². The number of rotatable bonds is 3. The predicted molar refractivity (Wildman–Crippen MR) is 96.7 cm³/mol. The molecule has 134 valence electrons. The largest absolute Gasteiger partial charge is 0.349 e. The molecule has 4 nitrogen and oxygen atoms in total. The second kappa shape index (κ2) is 6.72. The highest BCUT2D eigenvalue weighted by molar-refractivity contribution is 6.33. The molecule has 4 rings (SSSR count). The third-order valence-corrected chi connectivity index (χ3v) is 5.64. The Morgan fingerprint density at radius 1 is 1.12 bits per heavy atom. The maximum absolute atomic E-state index is 13.5. The Hall–Kier alpha value is -2.40. The van der Waals surface area contributed by atoms with Gasteiger partial charge in [0.25, 0.3) is 11.8 Å². The summed E-state index contributed by atoms with van der Waals surface area (Å²) in [6.07, 6.45) is 1.56. The summed E-state index contributed by atoms with van der Waals surface area (Å²) < 4.78 is 13.5. The van der Waals surface area contributed by atoms with Gasteiger partial charge in [-0.05, 0) is 49.1 Å². The van der Waals surface area contributed by atoms with E-state index in [-0.39, 0.29) is 40.4 Å². The van der Waals surface area contributed by atoms with E-state index in [0.29, 0.717) is 18.5 Å². The van der Waals surface area contributed by atoms with E-state index in [1.807, 2.05) is 18.2 Å². The van der Waals surface area contributed by atoms with Crippen molar-refractivity contribution in [2.45, 2.75) is 24.9 Å². The quantitative estimate of drug-likeness (QED) is 0.896. The number of amides is 2. The average molecular weight is 373 g/mol. The maximum atomic E-state index is 13.5. The number of nitrogens with zero attached hydrogens (tertiary/aromatic N) is 1. The third kappa shape index (κ3) is 3.07. The van der Waals surface area contributed by atoms with Crippen molar-refractivity contribution in [1.82, 2.24) is 10.2 Å². The fraction of sp³-hybridized carbons (Fsp3) is 0.300. The second-order valence-electron chi connectivity index (χ2n) is 6.91. The Kier molecular flexibility index (Phi) is 4.41. The molecule has 2 amide bonds. The number of carbonyl (C=O) groups is 2. The van der Waals surface area contributed by atoms with E-state index in [1.54, 1.807) is 17.0 Å². The van der Waals surface area contributed by atoms with Gasteiger partial charge >= 0.3 is 0 Å². The lowest BCUT2D eigenvalue weighted by molar-refractivity contribution is 0.0679. The predicted octanol–water partition coefficient (Wildman–Crippen LogP) is 3.51. The van der Waals surface area contributed by atoms with Crippen LogP contribution < -0.4 is 5.32 Å². The first-order valence-corrected chi connectivity index (χ1v) is 9.02. The Balaban J connectivity index is 1.43. The van der Waals surface area contributed by atoms with Gasteiger partial charge in [-0.15, -0.1) is 0 Å². The van der Waals surface area contributed by atoms with E-state index in [0.717, 1.165) is 6.42 Å². The minimum Gasteiger partial charge on any atom is -0.349 e. The summed E-state index contributed by atoms with van der Waals surface area (Å²) in [4.78, 5) is 26.9. The molecule has 3 atom stereocenters. The van der Waals surface area contributed by atoms with Crippen molar-refractivity contribution in [3.63, 3.8) is 0 Å². The molecule has 6 heteroatoms. The van der Waals surface area contributed by atoms with Crippen molar-refractivity contribution in [2.75, 3.05) is 6.54 Å². The molecular weight excluding hydrogens is 355 g/mol. The standard InChI is InChI=1S/C20H18ClFN2O2/c21-17-7-6-14(22)9-16(17)20(26)24-11-13-8-15(24)10-18(13)23-19(25)12-4-2-1-3-5-12/h1-7,9,13,15,18H,8,10-11H2,(H,23,25)/t13-,15-,18-/m0/s1. The van der Waals surface area contributed by atoms with Crippen molar-refractivity contribution in [3.8, 4) is 0 Å². The number of piperidine rings is 1. The van der Waals surface area contributed by atoms with Crippen LogP contribution in [0.1, 0.15) is 33.6 Å². The van der Waals surface area contributed by atoms with Gasteiger partial charge in [0, 0.05) is 24.2 Å². The van der Waals surface area contributed by atoms with E-state index in [2.05, 4.69) is 5.32 Å². The van der Waals surface area contributed by atoms with Crippen LogP contribution in [0.25, 0.3) is 0 Å². The first-order chi connectivity index (χ1) is 12.5. The molecule has 0 radical (unpaired) electrons. The molecule has 2 aliphatic rings. The van der Waals surface area contributed by atoms with Gasteiger partial charge < -0.3 is 10.2 Å². The Morgan fingerprint density at radius 2 is 1.88 bits per heavy atom. The number of likely N-dealkylation sites (tertiary alicyclic amines) is 1. The fourth-order valence-corrected chi connectivity index (χ4v) is 4.23. The summed E-state index contributed by atoms with van der Waals surface area (Å²) in [7, 11) is 0. The summed E-state index contributed by atoms with van der Waals surface area (Å²) in [6.45, 7) is 0.552. The Morgan fingerprint density at radius 3 is 2.58 bits per heavy atom. The third-order valence-electron chi connectivity index (χ3n) is 5.31. The van der Waals surface area contributed by atoms with Crippen LogP contribution in [0.15, 0.2) is 48.5 Å². The van der Waals surface area contributed by atoms with Crippen molar-refractivity contribution < 1.29 is 14.0 Å². The average Bonchev–Trinajstić information content (AvgIpc) is 3.24. The molecule has 2 aromatic carbocycles. The van der Waals surface area contributed by atoms with Gasteiger partial charge in [0.05, 0.1) is 10.6 Å². The highest BCUT2D eigenvalue weighted by atomic mass is 35.5. The first kappa shape index (κ1) is 17.0. The lowest BCUT2D eigenvalue weighted by atomic mass is 10.0.